The Morgan fingerprint density at radius 2 is 1.89 bits per heavy atom. The summed E-state index contributed by atoms with van der Waals surface area (Å²) in [5.74, 6) is 1.21. The zero-order valence-electron chi connectivity index (χ0n) is 9.38. The van der Waals surface area contributed by atoms with E-state index in [0.29, 0.717) is 5.88 Å². The summed E-state index contributed by atoms with van der Waals surface area (Å²) < 4.78 is 6.62. The third-order valence-electron chi connectivity index (χ3n) is 2.58. The minimum Gasteiger partial charge on any atom is -0.436 e. The van der Waals surface area contributed by atoms with E-state index in [2.05, 4.69) is 32.0 Å². The van der Waals surface area contributed by atoms with E-state index in [0.717, 1.165) is 21.0 Å². The minimum absolute atomic E-state index is 0.480. The maximum absolute atomic E-state index is 5.70. The van der Waals surface area contributed by atoms with E-state index in [4.69, 9.17) is 4.74 Å². The maximum Gasteiger partial charge on any atom is 0.237 e. The van der Waals surface area contributed by atoms with Crippen LogP contribution in [0, 0.1) is 0 Å². The molecular weight excluding hydrogens is 292 g/mol. The van der Waals surface area contributed by atoms with Crippen LogP contribution >= 0.6 is 15.9 Å². The summed E-state index contributed by atoms with van der Waals surface area (Å²) >= 11 is 3.57. The molecule has 0 aliphatic heterocycles. The molecule has 3 rings (SSSR count). The van der Waals surface area contributed by atoms with Gasteiger partial charge in [-0.05, 0) is 32.8 Å². The van der Waals surface area contributed by atoms with Crippen LogP contribution in [0.15, 0.2) is 59.5 Å². The summed E-state index contributed by atoms with van der Waals surface area (Å²) in [6.45, 7) is 0. The second-order valence-corrected chi connectivity index (χ2v) is 4.54. The number of aromatic nitrogens is 2. The monoisotopic (exact) mass is 300 g/mol. The first kappa shape index (κ1) is 11.2. The summed E-state index contributed by atoms with van der Waals surface area (Å²) in [7, 11) is 0. The Morgan fingerprint density at radius 3 is 2.72 bits per heavy atom. The number of ether oxygens (including phenoxy) is 1. The normalized spacial score (nSPS) is 10.5. The van der Waals surface area contributed by atoms with Crippen LogP contribution in [-0.4, -0.2) is 9.97 Å². The number of fused-ring (bicyclic) bond motifs is 1. The number of hydrogen-bond donors (Lipinski definition) is 0. The van der Waals surface area contributed by atoms with Crippen molar-refractivity contribution < 1.29 is 4.74 Å². The second kappa shape index (κ2) is 4.74. The van der Waals surface area contributed by atoms with Crippen LogP contribution in [0.3, 0.4) is 0 Å². The molecule has 0 radical (unpaired) electrons. The van der Waals surface area contributed by atoms with Crippen LogP contribution in [0.1, 0.15) is 0 Å². The van der Waals surface area contributed by atoms with Gasteiger partial charge in [-0.1, -0.05) is 30.3 Å². The Morgan fingerprint density at radius 1 is 1.00 bits per heavy atom. The predicted octanol–water partition coefficient (Wildman–Crippen LogP) is 4.18. The summed E-state index contributed by atoms with van der Waals surface area (Å²) in [5.41, 5.74) is 0. The molecule has 3 nitrogen and oxygen atoms in total. The molecule has 0 aliphatic carbocycles. The van der Waals surface area contributed by atoms with E-state index in [-0.39, 0.29) is 0 Å². The van der Waals surface area contributed by atoms with Crippen LogP contribution in [0.2, 0.25) is 0 Å². The smallest absolute Gasteiger partial charge is 0.237 e. The average molecular weight is 301 g/mol. The zero-order valence-corrected chi connectivity index (χ0v) is 11.0. The fourth-order valence-electron chi connectivity index (χ4n) is 1.74. The molecule has 0 saturated heterocycles. The molecule has 0 N–H and O–H groups in total. The number of halogens is 1. The number of rotatable bonds is 2. The minimum atomic E-state index is 0.480. The first-order valence-electron chi connectivity index (χ1n) is 5.46. The lowest BCUT2D eigenvalue weighted by Crippen LogP contribution is -1.89. The number of benzene rings is 2. The number of nitrogens with zero attached hydrogens (tertiary/aromatic N) is 2. The van der Waals surface area contributed by atoms with E-state index in [9.17, 15) is 0 Å². The highest BCUT2D eigenvalue weighted by Crippen LogP contribution is 2.34. The van der Waals surface area contributed by atoms with Crippen molar-refractivity contribution in [3.8, 4) is 11.6 Å². The fraction of sp³-hybridized carbons (Fsp3) is 0. The Hall–Kier alpha value is -1.94. The largest absolute Gasteiger partial charge is 0.436 e. The molecule has 0 amide bonds. The lowest BCUT2D eigenvalue weighted by molar-refractivity contribution is 0.458. The summed E-state index contributed by atoms with van der Waals surface area (Å²) in [6, 6.07) is 12.1. The molecule has 0 aliphatic rings. The Labute approximate surface area is 113 Å². The van der Waals surface area contributed by atoms with Crippen molar-refractivity contribution in [1.82, 2.24) is 9.97 Å². The van der Waals surface area contributed by atoms with Crippen molar-refractivity contribution >= 4 is 26.7 Å². The van der Waals surface area contributed by atoms with E-state index in [1.165, 1.54) is 0 Å². The zero-order chi connectivity index (χ0) is 12.4. The van der Waals surface area contributed by atoms with Crippen LogP contribution in [0.25, 0.3) is 10.8 Å². The van der Waals surface area contributed by atoms with Crippen molar-refractivity contribution in [2.45, 2.75) is 0 Å². The Kier molecular flexibility index (Phi) is 2.94. The molecule has 0 spiro atoms. The molecule has 1 aromatic heterocycles. The topological polar surface area (TPSA) is 35.0 Å². The lowest BCUT2D eigenvalue weighted by Gasteiger charge is -2.08. The first-order chi connectivity index (χ1) is 8.84. The van der Waals surface area contributed by atoms with Gasteiger partial charge < -0.3 is 4.74 Å². The van der Waals surface area contributed by atoms with Crippen LogP contribution in [-0.2, 0) is 0 Å². The third-order valence-corrected chi connectivity index (χ3v) is 3.40. The molecule has 1 heterocycles. The van der Waals surface area contributed by atoms with Gasteiger partial charge in [-0.25, -0.2) is 4.98 Å². The highest BCUT2D eigenvalue weighted by Gasteiger charge is 2.07. The van der Waals surface area contributed by atoms with E-state index in [1.54, 1.807) is 18.6 Å². The highest BCUT2D eigenvalue weighted by molar-refractivity contribution is 9.10. The average Bonchev–Trinajstić information content (AvgIpc) is 2.43. The van der Waals surface area contributed by atoms with E-state index < -0.39 is 0 Å². The van der Waals surface area contributed by atoms with Crippen molar-refractivity contribution in [2.75, 3.05) is 0 Å². The Bertz CT molecular complexity index is 686. The van der Waals surface area contributed by atoms with Crippen LogP contribution in [0.5, 0.6) is 11.6 Å². The van der Waals surface area contributed by atoms with Gasteiger partial charge in [0.05, 0.1) is 10.7 Å². The van der Waals surface area contributed by atoms with Gasteiger partial charge in [-0.3, -0.25) is 4.98 Å². The molecule has 2 aromatic carbocycles. The molecule has 18 heavy (non-hydrogen) atoms. The van der Waals surface area contributed by atoms with Gasteiger partial charge in [0.1, 0.15) is 5.75 Å². The molecule has 0 fully saturated rings. The lowest BCUT2D eigenvalue weighted by atomic mass is 10.1. The third kappa shape index (κ3) is 2.07. The molecule has 0 bridgehead atoms. The Balaban J connectivity index is 2.05. The van der Waals surface area contributed by atoms with Gasteiger partial charge in [0.2, 0.25) is 5.88 Å². The van der Waals surface area contributed by atoms with Crippen LogP contribution in [0.4, 0.5) is 0 Å². The van der Waals surface area contributed by atoms with E-state index >= 15 is 0 Å². The van der Waals surface area contributed by atoms with Gasteiger partial charge in [0, 0.05) is 12.4 Å². The molecule has 0 unspecified atom stereocenters. The molecular formula is C14H9BrN2O. The van der Waals surface area contributed by atoms with Gasteiger partial charge in [0.15, 0.2) is 0 Å². The van der Waals surface area contributed by atoms with Crippen molar-refractivity contribution in [3.63, 3.8) is 0 Å². The summed E-state index contributed by atoms with van der Waals surface area (Å²) in [5, 5.41) is 2.27. The maximum atomic E-state index is 5.70. The van der Waals surface area contributed by atoms with Crippen molar-refractivity contribution in [2.24, 2.45) is 0 Å². The molecule has 0 atom stereocenters. The SMILES string of the molecule is Brc1c(Oc2cnccn2)ccc2ccccc12. The van der Waals surface area contributed by atoms with Crippen LogP contribution < -0.4 is 4.74 Å². The summed E-state index contributed by atoms with van der Waals surface area (Å²) in [4.78, 5) is 8.06. The molecule has 3 aromatic rings. The van der Waals surface area contributed by atoms with E-state index in [1.807, 2.05) is 30.3 Å². The standard InChI is InChI=1S/C14H9BrN2O/c15-14-11-4-2-1-3-10(11)5-6-12(14)18-13-9-16-7-8-17-13/h1-9H. The van der Waals surface area contributed by atoms with Gasteiger partial charge in [-0.2, -0.15) is 0 Å². The van der Waals surface area contributed by atoms with Crippen molar-refractivity contribution in [1.29, 1.82) is 0 Å². The van der Waals surface area contributed by atoms with Gasteiger partial charge in [0.25, 0.3) is 0 Å². The second-order valence-electron chi connectivity index (χ2n) is 3.74. The highest BCUT2D eigenvalue weighted by atomic mass is 79.9. The van der Waals surface area contributed by atoms with Crippen molar-refractivity contribution in [3.05, 3.63) is 59.5 Å². The quantitative estimate of drug-likeness (QED) is 0.712. The van der Waals surface area contributed by atoms with Gasteiger partial charge in [-0.15, -0.1) is 0 Å². The predicted molar refractivity (Wildman–Crippen MR) is 73.8 cm³/mol. The first-order valence-corrected chi connectivity index (χ1v) is 6.25. The molecule has 4 heteroatoms. The summed E-state index contributed by atoms with van der Waals surface area (Å²) in [6.07, 6.45) is 4.80. The van der Waals surface area contributed by atoms with Gasteiger partial charge >= 0.3 is 0 Å². The molecule has 0 saturated carbocycles. The molecule has 88 valence electrons. The fourth-order valence-corrected chi connectivity index (χ4v) is 2.32. The number of hydrogen-bond acceptors (Lipinski definition) is 3.